The summed E-state index contributed by atoms with van der Waals surface area (Å²) in [4.78, 5) is 10.2. The molecular formula is C8H7BrO4. The highest BCUT2D eigenvalue weighted by Gasteiger charge is 2.09. The number of para-hydroxylation sites is 1. The molecule has 0 fully saturated rings. The second kappa shape index (κ2) is 4.13. The summed E-state index contributed by atoms with van der Waals surface area (Å²) in [6.07, 6.45) is -1.44. The van der Waals surface area contributed by atoms with E-state index in [1.165, 1.54) is 6.07 Å². The summed E-state index contributed by atoms with van der Waals surface area (Å²) in [6, 6.07) is 4.66. The van der Waals surface area contributed by atoms with Gasteiger partial charge in [-0.05, 0) is 6.07 Å². The summed E-state index contributed by atoms with van der Waals surface area (Å²) < 4.78 is 4.33. The zero-order valence-corrected chi connectivity index (χ0v) is 8.11. The lowest BCUT2D eigenvalue weighted by atomic mass is 10.2. The van der Waals surface area contributed by atoms with E-state index in [1.54, 1.807) is 12.1 Å². The number of phenols is 1. The average molecular weight is 247 g/mol. The van der Waals surface area contributed by atoms with Crippen molar-refractivity contribution in [3.05, 3.63) is 23.8 Å². The predicted molar refractivity (Wildman–Crippen MR) is 49.4 cm³/mol. The number of aromatic hydroxyl groups is 1. The molecule has 0 aliphatic heterocycles. The van der Waals surface area contributed by atoms with Crippen molar-refractivity contribution in [1.29, 1.82) is 0 Å². The Morgan fingerprint density at radius 2 is 2.23 bits per heavy atom. The van der Waals surface area contributed by atoms with Crippen LogP contribution in [0.25, 0.3) is 0 Å². The summed E-state index contributed by atoms with van der Waals surface area (Å²) in [7, 11) is 0. The molecule has 0 aromatic heterocycles. The minimum atomic E-state index is -1.44. The molecule has 0 aliphatic rings. The third-order valence-corrected chi connectivity index (χ3v) is 2.03. The molecule has 13 heavy (non-hydrogen) atoms. The van der Waals surface area contributed by atoms with Crippen LogP contribution in [0.5, 0.6) is 11.5 Å². The molecule has 1 aromatic rings. The van der Waals surface area contributed by atoms with Crippen LogP contribution in [0, 0.1) is 0 Å². The van der Waals surface area contributed by atoms with E-state index in [2.05, 4.69) is 20.7 Å². The predicted octanol–water partition coefficient (Wildman–Crippen LogP) is 2.34. The van der Waals surface area contributed by atoms with Crippen molar-refractivity contribution in [1.82, 2.24) is 0 Å². The van der Waals surface area contributed by atoms with Gasteiger partial charge in [0.05, 0.1) is 0 Å². The molecule has 0 aliphatic carbocycles. The zero-order chi connectivity index (χ0) is 9.84. The lowest BCUT2D eigenvalue weighted by molar-refractivity contribution is 0.143. The van der Waals surface area contributed by atoms with Crippen LogP contribution >= 0.6 is 15.9 Å². The molecule has 0 saturated carbocycles. The van der Waals surface area contributed by atoms with Crippen LogP contribution in [0.4, 0.5) is 4.79 Å². The van der Waals surface area contributed by atoms with Gasteiger partial charge in [0.2, 0.25) is 0 Å². The van der Waals surface area contributed by atoms with Crippen LogP contribution in [0.3, 0.4) is 0 Å². The van der Waals surface area contributed by atoms with Crippen molar-refractivity contribution in [3.63, 3.8) is 0 Å². The fourth-order valence-corrected chi connectivity index (χ4v) is 1.30. The Bertz CT molecular complexity index is 324. The van der Waals surface area contributed by atoms with E-state index < -0.39 is 6.16 Å². The van der Waals surface area contributed by atoms with E-state index in [0.29, 0.717) is 10.9 Å². The molecule has 0 saturated heterocycles. The van der Waals surface area contributed by atoms with Crippen LogP contribution in [-0.4, -0.2) is 16.4 Å². The Morgan fingerprint density at radius 3 is 2.77 bits per heavy atom. The molecule has 4 nitrogen and oxygen atoms in total. The Hall–Kier alpha value is -1.23. The largest absolute Gasteiger partial charge is 0.511 e. The number of hydrogen-bond donors (Lipinski definition) is 2. The first-order valence-electron chi connectivity index (χ1n) is 3.42. The Balaban J connectivity index is 3.01. The number of alkyl halides is 1. The number of rotatable bonds is 2. The highest BCUT2D eigenvalue weighted by atomic mass is 79.9. The first-order valence-corrected chi connectivity index (χ1v) is 4.55. The van der Waals surface area contributed by atoms with Crippen molar-refractivity contribution in [3.8, 4) is 11.5 Å². The second-order valence-corrected chi connectivity index (χ2v) is 2.83. The quantitative estimate of drug-likeness (QED) is 0.478. The maximum atomic E-state index is 10.2. The monoisotopic (exact) mass is 246 g/mol. The van der Waals surface area contributed by atoms with Gasteiger partial charge in [-0.1, -0.05) is 28.1 Å². The minimum Gasteiger partial charge on any atom is -0.504 e. The van der Waals surface area contributed by atoms with Crippen LogP contribution in [0.2, 0.25) is 0 Å². The first-order chi connectivity index (χ1) is 6.15. The number of carbonyl (C=O) groups is 1. The first kappa shape index (κ1) is 9.85. The van der Waals surface area contributed by atoms with E-state index in [0.717, 1.165) is 0 Å². The van der Waals surface area contributed by atoms with Crippen molar-refractivity contribution in [2.24, 2.45) is 0 Å². The highest BCUT2D eigenvalue weighted by molar-refractivity contribution is 9.08. The Labute approximate surface area is 82.9 Å². The maximum Gasteiger partial charge on any atom is 0.511 e. The third-order valence-electron chi connectivity index (χ3n) is 1.42. The summed E-state index contributed by atoms with van der Waals surface area (Å²) in [5, 5.41) is 18.2. The second-order valence-electron chi connectivity index (χ2n) is 2.27. The topological polar surface area (TPSA) is 66.8 Å². The third kappa shape index (κ3) is 2.35. The minimum absolute atomic E-state index is 0.0514. The number of hydrogen-bond acceptors (Lipinski definition) is 3. The molecule has 0 bridgehead atoms. The van der Waals surface area contributed by atoms with Crippen molar-refractivity contribution in [2.45, 2.75) is 5.33 Å². The molecule has 5 heteroatoms. The van der Waals surface area contributed by atoms with Gasteiger partial charge in [-0.25, -0.2) is 4.79 Å². The van der Waals surface area contributed by atoms with E-state index in [1.807, 2.05) is 0 Å². The number of ether oxygens (including phenoxy) is 1. The Morgan fingerprint density at radius 1 is 1.54 bits per heavy atom. The van der Waals surface area contributed by atoms with Crippen molar-refractivity contribution in [2.75, 3.05) is 0 Å². The van der Waals surface area contributed by atoms with Gasteiger partial charge >= 0.3 is 6.16 Å². The van der Waals surface area contributed by atoms with Gasteiger partial charge < -0.3 is 14.9 Å². The van der Waals surface area contributed by atoms with Gasteiger partial charge in [0.1, 0.15) is 0 Å². The average Bonchev–Trinajstić information content (AvgIpc) is 2.08. The number of phenolic OH excluding ortho intramolecular Hbond substituents is 1. The number of carboxylic acid groups (broad SMARTS) is 1. The molecule has 0 amide bonds. The summed E-state index contributed by atoms with van der Waals surface area (Å²) in [6.45, 7) is 0. The van der Waals surface area contributed by atoms with Crippen LogP contribution in [-0.2, 0) is 5.33 Å². The van der Waals surface area contributed by atoms with Gasteiger partial charge in [-0.3, -0.25) is 0 Å². The lowest BCUT2D eigenvalue weighted by Crippen LogP contribution is -2.03. The number of benzene rings is 1. The Kier molecular flexibility index (Phi) is 3.13. The molecule has 0 spiro atoms. The van der Waals surface area contributed by atoms with Crippen molar-refractivity contribution >= 4 is 22.1 Å². The summed E-state index contributed by atoms with van der Waals surface area (Å²) in [5.41, 5.74) is 0.582. The molecule has 2 N–H and O–H groups in total. The SMILES string of the molecule is O=C(O)Oc1cccc(CBr)c1O. The van der Waals surface area contributed by atoms with E-state index in [9.17, 15) is 9.90 Å². The molecule has 0 radical (unpaired) electrons. The van der Waals surface area contributed by atoms with E-state index >= 15 is 0 Å². The smallest absolute Gasteiger partial charge is 0.504 e. The van der Waals surface area contributed by atoms with Gasteiger partial charge in [0, 0.05) is 10.9 Å². The summed E-state index contributed by atoms with van der Waals surface area (Å²) in [5.74, 6) is -0.203. The van der Waals surface area contributed by atoms with Gasteiger partial charge in [-0.2, -0.15) is 0 Å². The van der Waals surface area contributed by atoms with Crippen LogP contribution in [0.1, 0.15) is 5.56 Å². The standard InChI is InChI=1S/C8H7BrO4/c9-4-5-2-1-3-6(7(5)10)13-8(11)12/h1-3,10H,4H2,(H,11,12). The van der Waals surface area contributed by atoms with Gasteiger partial charge in [0.15, 0.2) is 11.5 Å². The fourth-order valence-electron chi connectivity index (χ4n) is 0.852. The lowest BCUT2D eigenvalue weighted by Gasteiger charge is -2.05. The molecule has 70 valence electrons. The number of halogens is 1. The molecular weight excluding hydrogens is 240 g/mol. The highest BCUT2D eigenvalue weighted by Crippen LogP contribution is 2.30. The fraction of sp³-hybridized carbons (Fsp3) is 0.125. The normalized spacial score (nSPS) is 9.62. The van der Waals surface area contributed by atoms with E-state index in [-0.39, 0.29) is 11.5 Å². The summed E-state index contributed by atoms with van der Waals surface area (Å²) >= 11 is 3.15. The van der Waals surface area contributed by atoms with Crippen molar-refractivity contribution < 1.29 is 19.7 Å². The maximum absolute atomic E-state index is 10.2. The molecule has 0 unspecified atom stereocenters. The molecule has 1 aromatic carbocycles. The van der Waals surface area contributed by atoms with Crippen LogP contribution in [0.15, 0.2) is 18.2 Å². The van der Waals surface area contributed by atoms with E-state index in [4.69, 9.17) is 5.11 Å². The van der Waals surface area contributed by atoms with Gasteiger partial charge in [0.25, 0.3) is 0 Å². The zero-order valence-electron chi connectivity index (χ0n) is 6.53. The van der Waals surface area contributed by atoms with Crippen LogP contribution < -0.4 is 4.74 Å². The van der Waals surface area contributed by atoms with Gasteiger partial charge in [-0.15, -0.1) is 0 Å². The molecule has 0 atom stereocenters. The molecule has 1 rings (SSSR count). The molecule has 0 heterocycles.